The summed E-state index contributed by atoms with van der Waals surface area (Å²) in [6, 6.07) is 6.55. The molecule has 3 rings (SSSR count). The third kappa shape index (κ3) is 3.37. The van der Waals surface area contributed by atoms with Gasteiger partial charge in [-0.3, -0.25) is 14.9 Å². The van der Waals surface area contributed by atoms with Gasteiger partial charge >= 0.3 is 0 Å². The smallest absolute Gasteiger partial charge is 0.293 e. The molecule has 1 amide bonds. The summed E-state index contributed by atoms with van der Waals surface area (Å²) in [5, 5.41) is 21.3. The van der Waals surface area contributed by atoms with Gasteiger partial charge in [-0.2, -0.15) is 5.10 Å². The molecule has 0 saturated heterocycles. The Morgan fingerprint density at radius 2 is 2.12 bits per heavy atom. The maximum absolute atomic E-state index is 12.4. The van der Waals surface area contributed by atoms with Gasteiger partial charge in [0.05, 0.1) is 11.1 Å². The van der Waals surface area contributed by atoms with Gasteiger partial charge in [0, 0.05) is 29.8 Å². The second kappa shape index (κ2) is 6.31. The largest absolute Gasteiger partial charge is 0.377 e. The highest BCUT2D eigenvalue weighted by atomic mass is 16.6. The van der Waals surface area contributed by atoms with Crippen molar-refractivity contribution in [1.29, 1.82) is 0 Å². The van der Waals surface area contributed by atoms with Gasteiger partial charge in [0.25, 0.3) is 11.6 Å². The lowest BCUT2D eigenvalue weighted by atomic mass is 10.1. The Hall–Kier alpha value is -2.90. The van der Waals surface area contributed by atoms with E-state index in [1.54, 1.807) is 29.1 Å². The molecule has 1 aromatic carbocycles. The van der Waals surface area contributed by atoms with E-state index in [-0.39, 0.29) is 17.3 Å². The number of nitro benzene ring substituents is 1. The average Bonchev–Trinajstić information content (AvgIpc) is 3.22. The fraction of sp³-hybridized carbons (Fsp3) is 0.375. The molecule has 0 atom stereocenters. The summed E-state index contributed by atoms with van der Waals surface area (Å²) in [5.41, 5.74) is 0.595. The Morgan fingerprint density at radius 1 is 1.38 bits per heavy atom. The van der Waals surface area contributed by atoms with Crippen molar-refractivity contribution in [3.63, 3.8) is 0 Å². The normalized spacial score (nSPS) is 13.8. The number of aromatic nitrogens is 2. The molecule has 1 aromatic heterocycles. The molecule has 24 heavy (non-hydrogen) atoms. The van der Waals surface area contributed by atoms with E-state index in [1.165, 1.54) is 6.07 Å². The predicted octanol–water partition coefficient (Wildman–Crippen LogP) is 3.20. The second-order valence-electron chi connectivity index (χ2n) is 6.12. The van der Waals surface area contributed by atoms with E-state index in [0.29, 0.717) is 17.5 Å². The van der Waals surface area contributed by atoms with Crippen molar-refractivity contribution in [2.24, 2.45) is 0 Å². The van der Waals surface area contributed by atoms with Gasteiger partial charge in [-0.25, -0.2) is 4.68 Å². The van der Waals surface area contributed by atoms with Crippen molar-refractivity contribution in [2.75, 3.05) is 10.6 Å². The zero-order valence-electron chi connectivity index (χ0n) is 13.5. The molecule has 1 aliphatic carbocycles. The molecule has 2 N–H and O–H groups in total. The molecule has 0 aliphatic heterocycles. The Morgan fingerprint density at radius 3 is 2.75 bits per heavy atom. The van der Waals surface area contributed by atoms with Gasteiger partial charge in [-0.1, -0.05) is 0 Å². The number of carbonyl (C=O) groups is 1. The molecule has 1 fully saturated rings. The van der Waals surface area contributed by atoms with Crippen LogP contribution in [-0.2, 0) is 0 Å². The lowest BCUT2D eigenvalue weighted by molar-refractivity contribution is -0.384. The van der Waals surface area contributed by atoms with Gasteiger partial charge in [0.2, 0.25) is 0 Å². The molecule has 0 unspecified atom stereocenters. The molecule has 1 aliphatic rings. The van der Waals surface area contributed by atoms with E-state index < -0.39 is 10.8 Å². The number of amides is 1. The Labute approximate surface area is 139 Å². The van der Waals surface area contributed by atoms with Gasteiger partial charge < -0.3 is 10.6 Å². The van der Waals surface area contributed by atoms with Crippen molar-refractivity contribution < 1.29 is 9.72 Å². The molecule has 1 saturated carbocycles. The number of nitrogens with zero attached hydrogens (tertiary/aromatic N) is 3. The summed E-state index contributed by atoms with van der Waals surface area (Å²) in [7, 11) is 0. The summed E-state index contributed by atoms with van der Waals surface area (Å²) in [5.74, 6) is 0.149. The third-order valence-electron chi connectivity index (χ3n) is 3.79. The average molecular weight is 329 g/mol. The number of carbonyl (C=O) groups excluding carboxylic acids is 1. The Kier molecular flexibility index (Phi) is 4.20. The lowest BCUT2D eigenvalue weighted by Gasteiger charge is -2.12. The first-order valence-electron chi connectivity index (χ1n) is 7.85. The minimum atomic E-state index is -0.472. The molecular formula is C16H19N5O3. The molecule has 2 aromatic rings. The highest BCUT2D eigenvalue weighted by molar-refractivity contribution is 6.04. The maximum Gasteiger partial charge on any atom is 0.293 e. The fourth-order valence-corrected chi connectivity index (χ4v) is 2.41. The van der Waals surface area contributed by atoms with Gasteiger partial charge in [0.15, 0.2) is 0 Å². The summed E-state index contributed by atoms with van der Waals surface area (Å²) in [4.78, 5) is 23.2. The van der Waals surface area contributed by atoms with Crippen LogP contribution < -0.4 is 10.6 Å². The van der Waals surface area contributed by atoms with Crippen molar-refractivity contribution >= 4 is 23.1 Å². The van der Waals surface area contributed by atoms with E-state index in [4.69, 9.17) is 0 Å². The molecule has 0 radical (unpaired) electrons. The summed E-state index contributed by atoms with van der Waals surface area (Å²) < 4.78 is 1.68. The number of nitrogens with one attached hydrogen (secondary N) is 2. The first kappa shape index (κ1) is 16.0. The van der Waals surface area contributed by atoms with Crippen LogP contribution >= 0.6 is 0 Å². The maximum atomic E-state index is 12.4. The van der Waals surface area contributed by atoms with E-state index >= 15 is 0 Å². The van der Waals surface area contributed by atoms with Crippen LogP contribution in [0, 0.1) is 10.1 Å². The van der Waals surface area contributed by atoms with Gasteiger partial charge in [0.1, 0.15) is 11.5 Å². The van der Waals surface area contributed by atoms with Crippen molar-refractivity contribution in [1.82, 2.24) is 9.78 Å². The zero-order chi connectivity index (χ0) is 17.3. The van der Waals surface area contributed by atoms with Gasteiger partial charge in [-0.15, -0.1) is 0 Å². The molecule has 0 spiro atoms. The summed E-state index contributed by atoms with van der Waals surface area (Å²) in [6.45, 7) is 3.90. The number of rotatable bonds is 6. The number of benzene rings is 1. The quantitative estimate of drug-likeness (QED) is 0.626. The second-order valence-corrected chi connectivity index (χ2v) is 6.12. The van der Waals surface area contributed by atoms with Crippen LogP contribution in [0.5, 0.6) is 0 Å². The Bertz CT molecular complexity index is 780. The SMILES string of the molecule is CC(C)n1nccc1NC(=O)c1ccc(NC2CC2)c([N+](=O)[O-])c1. The molecule has 126 valence electrons. The standard InChI is InChI=1S/C16H19N5O3/c1-10(2)20-15(7-8-17-20)19-16(22)11-3-6-13(18-12-4-5-12)14(9-11)21(23)24/h3,6-10,12,18H,4-5H2,1-2H3,(H,19,22). The third-order valence-corrected chi connectivity index (χ3v) is 3.79. The van der Waals surface area contributed by atoms with E-state index in [1.807, 2.05) is 13.8 Å². The van der Waals surface area contributed by atoms with Crippen LogP contribution in [0.15, 0.2) is 30.5 Å². The molecule has 8 nitrogen and oxygen atoms in total. The number of anilines is 2. The lowest BCUT2D eigenvalue weighted by Crippen LogP contribution is -2.17. The highest BCUT2D eigenvalue weighted by Crippen LogP contribution is 2.31. The van der Waals surface area contributed by atoms with E-state index in [9.17, 15) is 14.9 Å². The molecule has 1 heterocycles. The van der Waals surface area contributed by atoms with Crippen LogP contribution in [0.25, 0.3) is 0 Å². The monoisotopic (exact) mass is 329 g/mol. The topological polar surface area (TPSA) is 102 Å². The van der Waals surface area contributed by atoms with Crippen LogP contribution in [-0.4, -0.2) is 26.7 Å². The van der Waals surface area contributed by atoms with Crippen LogP contribution in [0.1, 0.15) is 43.1 Å². The number of hydrogen-bond acceptors (Lipinski definition) is 5. The van der Waals surface area contributed by atoms with Crippen molar-refractivity contribution in [2.45, 2.75) is 38.8 Å². The van der Waals surface area contributed by atoms with Crippen molar-refractivity contribution in [3.05, 3.63) is 46.1 Å². The Balaban J connectivity index is 1.82. The first-order chi connectivity index (χ1) is 11.5. The fourth-order valence-electron chi connectivity index (χ4n) is 2.41. The summed E-state index contributed by atoms with van der Waals surface area (Å²) in [6.07, 6.45) is 3.62. The highest BCUT2D eigenvalue weighted by Gasteiger charge is 2.25. The molecule has 0 bridgehead atoms. The van der Waals surface area contributed by atoms with Crippen LogP contribution in [0.4, 0.5) is 17.2 Å². The van der Waals surface area contributed by atoms with E-state index in [2.05, 4.69) is 15.7 Å². The number of nitro groups is 1. The number of hydrogen-bond donors (Lipinski definition) is 2. The van der Waals surface area contributed by atoms with Crippen LogP contribution in [0.2, 0.25) is 0 Å². The van der Waals surface area contributed by atoms with Crippen molar-refractivity contribution in [3.8, 4) is 0 Å². The van der Waals surface area contributed by atoms with E-state index in [0.717, 1.165) is 12.8 Å². The zero-order valence-corrected chi connectivity index (χ0v) is 13.5. The van der Waals surface area contributed by atoms with Gasteiger partial charge in [-0.05, 0) is 38.8 Å². The summed E-state index contributed by atoms with van der Waals surface area (Å²) >= 11 is 0. The molecular weight excluding hydrogens is 310 g/mol. The first-order valence-corrected chi connectivity index (χ1v) is 7.85. The molecule has 8 heteroatoms. The predicted molar refractivity (Wildman–Crippen MR) is 90.3 cm³/mol. The minimum Gasteiger partial charge on any atom is -0.377 e. The minimum absolute atomic E-state index is 0.0908. The van der Waals surface area contributed by atoms with Crippen LogP contribution in [0.3, 0.4) is 0 Å².